The number of halogens is 1. The molecule has 0 saturated carbocycles. The molecule has 0 fully saturated rings. The molecule has 2 bridgehead atoms. The maximum absolute atomic E-state index is 13.3. The number of hydrogen-bond acceptors (Lipinski definition) is 4. The van der Waals surface area contributed by atoms with Crippen LogP contribution in [0.25, 0.3) is 11.1 Å². The van der Waals surface area contributed by atoms with Gasteiger partial charge in [-0.15, -0.1) is 0 Å². The van der Waals surface area contributed by atoms with Crippen molar-refractivity contribution in [1.29, 1.82) is 0 Å². The van der Waals surface area contributed by atoms with Crippen LogP contribution in [-0.4, -0.2) is 16.5 Å². The summed E-state index contributed by atoms with van der Waals surface area (Å²) in [5.41, 5.74) is 4.48. The van der Waals surface area contributed by atoms with Crippen LogP contribution in [0.4, 0.5) is 5.69 Å². The number of hydrogen-bond donors (Lipinski definition) is 0. The molecule has 6 heteroatoms. The second-order valence-electron chi connectivity index (χ2n) is 7.41. The van der Waals surface area contributed by atoms with Gasteiger partial charge in [-0.2, -0.15) is 0 Å². The molecule has 0 saturated heterocycles. The molecule has 2 aliphatic carbocycles. The lowest BCUT2D eigenvalue weighted by Gasteiger charge is -2.35. The number of nitrogens with zero attached hydrogens (tertiary/aromatic N) is 1. The summed E-state index contributed by atoms with van der Waals surface area (Å²) in [4.78, 5) is 36.9. The van der Waals surface area contributed by atoms with Crippen LogP contribution in [0.15, 0.2) is 60.7 Å². The Labute approximate surface area is 180 Å². The second-order valence-corrected chi connectivity index (χ2v) is 8.65. The van der Waals surface area contributed by atoms with Gasteiger partial charge in [0.1, 0.15) is 0 Å². The molecule has 2 aliphatic rings. The van der Waals surface area contributed by atoms with Gasteiger partial charge in [0.05, 0.1) is 4.92 Å². The van der Waals surface area contributed by atoms with Crippen LogP contribution in [-0.2, 0) is 0 Å². The molecule has 0 heterocycles. The largest absolute Gasteiger partial charge is 0.293 e. The zero-order chi connectivity index (χ0) is 20.3. The Balaban J connectivity index is 1.60. The van der Waals surface area contributed by atoms with Gasteiger partial charge >= 0.3 is 0 Å². The van der Waals surface area contributed by atoms with Crippen LogP contribution in [0.5, 0.6) is 0 Å². The van der Waals surface area contributed by atoms with Crippen LogP contribution >= 0.6 is 22.6 Å². The average Bonchev–Trinajstić information content (AvgIpc) is 2.73. The second kappa shape index (κ2) is 6.59. The van der Waals surface area contributed by atoms with Crippen molar-refractivity contribution in [2.75, 3.05) is 0 Å². The first kappa shape index (κ1) is 18.2. The third-order valence-electron chi connectivity index (χ3n) is 5.87. The van der Waals surface area contributed by atoms with Crippen molar-refractivity contribution in [3.8, 4) is 11.1 Å². The number of non-ortho nitro benzene ring substituents is 1. The number of rotatable bonds is 2. The van der Waals surface area contributed by atoms with Gasteiger partial charge in [0.15, 0.2) is 11.6 Å². The van der Waals surface area contributed by atoms with E-state index in [4.69, 9.17) is 0 Å². The fourth-order valence-electron chi connectivity index (χ4n) is 4.44. The predicted octanol–water partition coefficient (Wildman–Crippen LogP) is 5.52. The van der Waals surface area contributed by atoms with Crippen molar-refractivity contribution in [3.05, 3.63) is 96.6 Å². The maximum atomic E-state index is 13.3. The number of Topliss-reactive ketones (excluding diaryl/α,β-unsaturated/α-hetero) is 2. The maximum Gasteiger partial charge on any atom is 0.269 e. The zero-order valence-electron chi connectivity index (χ0n) is 15.1. The van der Waals surface area contributed by atoms with E-state index >= 15 is 0 Å². The Morgan fingerprint density at radius 3 is 1.97 bits per heavy atom. The number of nitro groups is 1. The summed E-state index contributed by atoms with van der Waals surface area (Å²) in [6.07, 6.45) is 0.523. The van der Waals surface area contributed by atoms with Crippen molar-refractivity contribution >= 4 is 39.8 Å². The Morgan fingerprint density at radius 2 is 1.34 bits per heavy atom. The van der Waals surface area contributed by atoms with Gasteiger partial charge in [0.25, 0.3) is 5.69 Å². The van der Waals surface area contributed by atoms with Gasteiger partial charge < -0.3 is 0 Å². The summed E-state index contributed by atoms with van der Waals surface area (Å²) in [6.45, 7) is 0. The van der Waals surface area contributed by atoms with Crippen molar-refractivity contribution in [1.82, 2.24) is 0 Å². The highest BCUT2D eigenvalue weighted by Crippen LogP contribution is 2.47. The van der Waals surface area contributed by atoms with Gasteiger partial charge in [0.2, 0.25) is 0 Å². The van der Waals surface area contributed by atoms with Crippen LogP contribution < -0.4 is 0 Å². The van der Waals surface area contributed by atoms with Crippen LogP contribution in [0, 0.1) is 13.7 Å². The predicted molar refractivity (Wildman–Crippen MR) is 116 cm³/mol. The van der Waals surface area contributed by atoms with Crippen LogP contribution in [0.3, 0.4) is 0 Å². The molecule has 0 aliphatic heterocycles. The van der Waals surface area contributed by atoms with Gasteiger partial charge in [-0.05, 0) is 81.6 Å². The number of ketones is 2. The van der Waals surface area contributed by atoms with E-state index in [9.17, 15) is 19.7 Å². The van der Waals surface area contributed by atoms with Crippen molar-refractivity contribution < 1.29 is 14.5 Å². The quantitative estimate of drug-likeness (QED) is 0.267. The van der Waals surface area contributed by atoms with E-state index in [-0.39, 0.29) is 29.1 Å². The smallest absolute Gasteiger partial charge is 0.269 e. The lowest BCUT2D eigenvalue weighted by Crippen LogP contribution is -2.34. The molecule has 0 amide bonds. The molecule has 2 atom stereocenters. The summed E-state index contributed by atoms with van der Waals surface area (Å²) >= 11 is 2.18. The van der Waals surface area contributed by atoms with Gasteiger partial charge in [-0.1, -0.05) is 18.2 Å². The van der Waals surface area contributed by atoms with E-state index in [1.54, 1.807) is 12.1 Å². The molecule has 142 valence electrons. The van der Waals surface area contributed by atoms with E-state index in [1.807, 2.05) is 36.4 Å². The molecule has 0 radical (unpaired) electrons. The Hall–Kier alpha value is -2.87. The minimum absolute atomic E-state index is 0.0224. The molecule has 0 N–H and O–H groups in total. The highest BCUT2D eigenvalue weighted by molar-refractivity contribution is 14.1. The monoisotopic (exact) mass is 495 g/mol. The summed E-state index contributed by atoms with van der Waals surface area (Å²) in [5.74, 6) is -0.491. The summed E-state index contributed by atoms with van der Waals surface area (Å²) < 4.78 is 0.982. The first-order valence-electron chi connectivity index (χ1n) is 9.20. The van der Waals surface area contributed by atoms with Crippen LogP contribution in [0.1, 0.15) is 50.1 Å². The summed E-state index contributed by atoms with van der Waals surface area (Å²) in [5, 5.41) is 10.9. The first-order chi connectivity index (χ1) is 13.9. The van der Waals surface area contributed by atoms with E-state index in [0.29, 0.717) is 17.5 Å². The minimum Gasteiger partial charge on any atom is -0.293 e. The Kier molecular flexibility index (Phi) is 4.13. The molecular formula is C23H14INO4. The highest BCUT2D eigenvalue weighted by atomic mass is 127. The zero-order valence-corrected chi connectivity index (χ0v) is 17.3. The van der Waals surface area contributed by atoms with Crippen molar-refractivity contribution in [2.45, 2.75) is 18.3 Å². The molecule has 5 nitrogen and oxygen atoms in total. The third kappa shape index (κ3) is 2.81. The molecule has 29 heavy (non-hydrogen) atoms. The molecule has 0 aromatic heterocycles. The minimum atomic E-state index is -0.439. The van der Waals surface area contributed by atoms with Gasteiger partial charge in [0, 0.05) is 38.7 Å². The Morgan fingerprint density at radius 1 is 0.793 bits per heavy atom. The standard InChI is InChI=1S/C23H14INO4/c24-14-4-8-17-19(10-14)23(27)20-11-21(17)22(26)18-9-13(3-7-16(18)20)12-1-5-15(6-2-12)25(28)29/h1-10,20-21H,11H2. The molecule has 3 aromatic carbocycles. The first-order valence-corrected chi connectivity index (χ1v) is 10.3. The molecule has 2 unspecified atom stereocenters. The van der Waals surface area contributed by atoms with Crippen molar-refractivity contribution in [2.24, 2.45) is 0 Å². The number of carbonyl (C=O) groups excluding carboxylic acids is 2. The number of benzene rings is 3. The van der Waals surface area contributed by atoms with E-state index < -0.39 is 4.92 Å². The number of fused-ring (bicyclic) bond motifs is 6. The summed E-state index contributed by atoms with van der Waals surface area (Å²) in [6, 6.07) is 17.5. The third-order valence-corrected chi connectivity index (χ3v) is 6.54. The van der Waals surface area contributed by atoms with E-state index in [2.05, 4.69) is 22.6 Å². The topological polar surface area (TPSA) is 77.3 Å². The lowest BCUT2D eigenvalue weighted by molar-refractivity contribution is -0.384. The normalized spacial score (nSPS) is 19.5. The fourth-order valence-corrected chi connectivity index (χ4v) is 4.93. The lowest BCUT2D eigenvalue weighted by atomic mass is 9.65. The molecule has 3 aromatic rings. The van der Waals surface area contributed by atoms with Crippen LogP contribution in [0.2, 0.25) is 0 Å². The molecule has 0 spiro atoms. The van der Waals surface area contributed by atoms with Gasteiger partial charge in [-0.25, -0.2) is 0 Å². The highest BCUT2D eigenvalue weighted by Gasteiger charge is 2.43. The Bertz CT molecular complexity index is 1220. The average molecular weight is 495 g/mol. The molecular weight excluding hydrogens is 481 g/mol. The van der Waals surface area contributed by atoms with E-state index in [1.165, 1.54) is 12.1 Å². The fraction of sp³-hybridized carbons (Fsp3) is 0.130. The SMILES string of the molecule is O=C1c2cc(-c3ccc([N+](=O)[O-])cc3)ccc2C2CC1c1ccc(I)cc1C2=O. The number of nitro benzene ring substituents is 1. The van der Waals surface area contributed by atoms with Gasteiger partial charge in [-0.3, -0.25) is 19.7 Å². The number of carbonyl (C=O) groups is 2. The molecule has 5 rings (SSSR count). The summed E-state index contributed by atoms with van der Waals surface area (Å²) in [7, 11) is 0. The van der Waals surface area contributed by atoms with E-state index in [0.717, 1.165) is 25.8 Å². The van der Waals surface area contributed by atoms with Crippen molar-refractivity contribution in [3.63, 3.8) is 0 Å².